The second-order valence-electron chi connectivity index (χ2n) is 13.1. The molecule has 0 aliphatic carbocycles. The zero-order valence-electron chi connectivity index (χ0n) is 26.6. The molecule has 0 saturated carbocycles. The fourth-order valence-electron chi connectivity index (χ4n) is 7.11. The van der Waals surface area contributed by atoms with Gasteiger partial charge in [-0.25, -0.2) is 14.4 Å². The van der Waals surface area contributed by atoms with Crippen LogP contribution in [-0.4, -0.2) is 82.4 Å². The summed E-state index contributed by atoms with van der Waals surface area (Å²) in [6, 6.07) is 10.6. The lowest BCUT2D eigenvalue weighted by Gasteiger charge is -2.32. The molecule has 3 fully saturated rings. The summed E-state index contributed by atoms with van der Waals surface area (Å²) in [5, 5.41) is 9.86. The van der Waals surface area contributed by atoms with Crippen molar-refractivity contribution in [3.05, 3.63) is 70.1 Å². The minimum absolute atomic E-state index is 0.0226. The normalized spacial score (nSPS) is 20.9. The molecule has 3 saturated heterocycles. The van der Waals surface area contributed by atoms with E-state index in [4.69, 9.17) is 21.3 Å². The molecule has 7 rings (SSSR count). The van der Waals surface area contributed by atoms with Crippen molar-refractivity contribution in [2.24, 2.45) is 5.92 Å². The number of nitrogens with one attached hydrogen (secondary N) is 3. The highest BCUT2D eigenvalue weighted by Gasteiger charge is 2.40. The average molecular weight is 676 g/mol. The maximum atomic E-state index is 15.2. The van der Waals surface area contributed by atoms with Crippen LogP contribution in [-0.2, 0) is 27.4 Å². The number of anilines is 2. The summed E-state index contributed by atoms with van der Waals surface area (Å²) >= 11 is 6.59. The molecule has 11 nitrogen and oxygen atoms in total. The molecule has 3 N–H and O–H groups in total. The largest absolute Gasteiger partial charge is 0.381 e. The number of aromatic nitrogens is 2. The van der Waals surface area contributed by atoms with Crippen LogP contribution in [0.4, 0.5) is 16.0 Å². The van der Waals surface area contributed by atoms with Crippen LogP contribution in [0.25, 0.3) is 11.3 Å². The lowest BCUT2D eigenvalue weighted by molar-refractivity contribution is -0.136. The third-order valence-corrected chi connectivity index (χ3v) is 10.1. The highest BCUT2D eigenvalue weighted by Crippen LogP contribution is 2.32. The van der Waals surface area contributed by atoms with Crippen molar-refractivity contribution in [1.29, 1.82) is 0 Å². The molecule has 2 aromatic heterocycles. The summed E-state index contributed by atoms with van der Waals surface area (Å²) in [5.41, 5.74) is 2.98. The number of fused-ring (bicyclic) bond motifs is 1. The smallest absolute Gasteiger partial charge is 0.258 e. The van der Waals surface area contributed by atoms with Gasteiger partial charge < -0.3 is 20.3 Å². The minimum Gasteiger partial charge on any atom is -0.381 e. The van der Waals surface area contributed by atoms with Gasteiger partial charge in [-0.05, 0) is 73.4 Å². The van der Waals surface area contributed by atoms with E-state index in [0.717, 1.165) is 87.0 Å². The van der Waals surface area contributed by atoms with Crippen LogP contribution in [0.5, 0.6) is 0 Å². The number of imide groups is 1. The predicted octanol–water partition coefficient (Wildman–Crippen LogP) is 4.61. The van der Waals surface area contributed by atoms with Gasteiger partial charge in [-0.3, -0.25) is 24.6 Å². The van der Waals surface area contributed by atoms with Gasteiger partial charge in [-0.2, -0.15) is 0 Å². The van der Waals surface area contributed by atoms with Crippen LogP contribution < -0.4 is 16.0 Å². The average Bonchev–Trinajstić information content (AvgIpc) is 3.42. The quantitative estimate of drug-likeness (QED) is 0.279. The van der Waals surface area contributed by atoms with E-state index in [9.17, 15) is 14.4 Å². The Balaban J connectivity index is 0.939. The van der Waals surface area contributed by atoms with Crippen LogP contribution in [0, 0.1) is 11.7 Å². The zero-order chi connectivity index (χ0) is 33.2. The van der Waals surface area contributed by atoms with Crippen LogP contribution in [0.1, 0.15) is 60.0 Å². The van der Waals surface area contributed by atoms with Gasteiger partial charge in [-0.1, -0.05) is 23.7 Å². The summed E-state index contributed by atoms with van der Waals surface area (Å²) in [4.78, 5) is 50.0. The molecule has 3 amide bonds. The van der Waals surface area contributed by atoms with Crippen molar-refractivity contribution in [3.8, 4) is 11.3 Å². The van der Waals surface area contributed by atoms with E-state index in [0.29, 0.717) is 23.0 Å². The van der Waals surface area contributed by atoms with Gasteiger partial charge in [0.2, 0.25) is 11.8 Å². The standard InChI is InChI=1S/C35H39ClFN7O4/c36-26-18-39-31(16-25(26)28-2-1-3-30(41-28)38-17-21-8-12-48-13-9-21)40-24-6-10-43(11-7-24)19-22-14-23-20-44(35(47)33(23)27(37)15-22)29-4-5-32(45)42-34(29)46/h1-3,14-16,18,21,24,29H,4-13,17,19-20H2,(H,38,41)(H,39,40)(H,42,45,46). The van der Waals surface area contributed by atoms with Gasteiger partial charge in [-0.15, -0.1) is 0 Å². The molecule has 0 bridgehead atoms. The van der Waals surface area contributed by atoms with Crippen LogP contribution in [0.2, 0.25) is 5.02 Å². The molecule has 1 aromatic carbocycles. The van der Waals surface area contributed by atoms with E-state index in [-0.39, 0.29) is 36.9 Å². The molecule has 4 aliphatic rings. The number of halogens is 2. The summed E-state index contributed by atoms with van der Waals surface area (Å²) in [5.74, 6) is 0.202. The van der Waals surface area contributed by atoms with Gasteiger partial charge in [0.05, 0.1) is 16.3 Å². The number of carbonyl (C=O) groups is 3. The number of carbonyl (C=O) groups excluding carboxylic acids is 3. The first-order chi connectivity index (χ1) is 23.3. The van der Waals surface area contributed by atoms with Gasteiger partial charge in [0.1, 0.15) is 23.5 Å². The van der Waals surface area contributed by atoms with Crippen LogP contribution in [0.3, 0.4) is 0 Å². The number of pyridine rings is 2. The molecule has 1 atom stereocenters. The first-order valence-electron chi connectivity index (χ1n) is 16.7. The number of hydrogen-bond donors (Lipinski definition) is 3. The van der Waals surface area contributed by atoms with Crippen LogP contribution in [0.15, 0.2) is 42.6 Å². The van der Waals surface area contributed by atoms with E-state index >= 15 is 4.39 Å². The maximum absolute atomic E-state index is 15.2. The second-order valence-corrected chi connectivity index (χ2v) is 13.5. The highest BCUT2D eigenvalue weighted by molar-refractivity contribution is 6.33. The zero-order valence-corrected chi connectivity index (χ0v) is 27.4. The van der Waals surface area contributed by atoms with Crippen molar-refractivity contribution < 1.29 is 23.5 Å². The molecule has 3 aromatic rings. The topological polar surface area (TPSA) is 129 Å². The Morgan fingerprint density at radius 2 is 1.83 bits per heavy atom. The van der Waals surface area contributed by atoms with E-state index in [1.807, 2.05) is 30.3 Å². The Morgan fingerprint density at radius 3 is 2.62 bits per heavy atom. The summed E-state index contributed by atoms with van der Waals surface area (Å²) < 4.78 is 20.7. The Bertz CT molecular complexity index is 1710. The lowest BCUT2D eigenvalue weighted by atomic mass is 10.0. The van der Waals surface area contributed by atoms with Crippen molar-refractivity contribution in [1.82, 2.24) is 25.1 Å². The van der Waals surface area contributed by atoms with Gasteiger partial charge in [0.15, 0.2) is 0 Å². The molecule has 13 heteroatoms. The van der Waals surface area contributed by atoms with E-state index < -0.39 is 23.7 Å². The maximum Gasteiger partial charge on any atom is 0.258 e. The van der Waals surface area contributed by atoms with Gasteiger partial charge >= 0.3 is 0 Å². The fourth-order valence-corrected chi connectivity index (χ4v) is 7.31. The molecule has 0 spiro atoms. The molecular formula is C35H39ClFN7O4. The van der Waals surface area contributed by atoms with Crippen LogP contribution >= 0.6 is 11.6 Å². The Morgan fingerprint density at radius 1 is 1.02 bits per heavy atom. The minimum atomic E-state index is -0.770. The Hall–Kier alpha value is -4.13. The summed E-state index contributed by atoms with van der Waals surface area (Å²) in [7, 11) is 0. The number of nitrogens with zero attached hydrogens (tertiary/aromatic N) is 4. The monoisotopic (exact) mass is 675 g/mol. The first-order valence-corrected chi connectivity index (χ1v) is 17.1. The molecular weight excluding hydrogens is 637 g/mol. The van der Waals surface area contributed by atoms with Gasteiger partial charge in [0.25, 0.3) is 5.91 Å². The predicted molar refractivity (Wildman–Crippen MR) is 179 cm³/mol. The van der Waals surface area contributed by atoms with E-state index in [1.165, 1.54) is 11.0 Å². The highest BCUT2D eigenvalue weighted by atomic mass is 35.5. The SMILES string of the molecule is O=C1CCC(N2Cc3cc(CN4CCC(Nc5cc(-c6cccc(NCC7CCOCC7)n6)c(Cl)cn5)CC4)cc(F)c3C2=O)C(=O)N1. The van der Waals surface area contributed by atoms with Crippen molar-refractivity contribution in [2.45, 2.75) is 63.7 Å². The second kappa shape index (κ2) is 14.2. The molecule has 1 unspecified atom stereocenters. The molecule has 48 heavy (non-hydrogen) atoms. The van der Waals surface area contributed by atoms with Crippen molar-refractivity contribution >= 4 is 41.0 Å². The third kappa shape index (κ3) is 7.15. The number of rotatable bonds is 9. The number of benzene rings is 1. The van der Waals surface area contributed by atoms with Crippen molar-refractivity contribution in [3.63, 3.8) is 0 Å². The molecule has 6 heterocycles. The van der Waals surface area contributed by atoms with Gasteiger partial charge in [0, 0.05) is 70.2 Å². The molecule has 4 aliphatic heterocycles. The Labute approximate surface area is 283 Å². The number of piperidine rings is 2. The fraction of sp³-hybridized carbons (Fsp3) is 0.457. The molecule has 252 valence electrons. The molecule has 0 radical (unpaired) electrons. The summed E-state index contributed by atoms with van der Waals surface area (Å²) in [6.07, 6.45) is 5.92. The lowest BCUT2D eigenvalue weighted by Crippen LogP contribution is -2.52. The number of ether oxygens (including phenoxy) is 1. The first kappa shape index (κ1) is 32.4. The number of amides is 3. The van der Waals surface area contributed by atoms with Crippen molar-refractivity contribution in [2.75, 3.05) is 43.5 Å². The third-order valence-electron chi connectivity index (χ3n) is 9.77. The number of likely N-dealkylation sites (tertiary alicyclic amines) is 1. The van der Waals surface area contributed by atoms with E-state index in [1.54, 1.807) is 6.20 Å². The summed E-state index contributed by atoms with van der Waals surface area (Å²) in [6.45, 7) is 4.80. The van der Waals surface area contributed by atoms with E-state index in [2.05, 4.69) is 25.8 Å². The number of hydrogen-bond acceptors (Lipinski definition) is 9. The Kier molecular flexibility index (Phi) is 9.56.